The fourth-order valence-electron chi connectivity index (χ4n) is 19.0. The van der Waals surface area contributed by atoms with Gasteiger partial charge in [0.05, 0.1) is 34.2 Å². The van der Waals surface area contributed by atoms with Crippen molar-refractivity contribution in [2.24, 2.45) is 0 Å². The molecule has 0 unspecified atom stereocenters. The number of hydrogen-bond donors (Lipinski definition) is 0. The number of benzene rings is 21. The van der Waals surface area contributed by atoms with Crippen LogP contribution in [0.3, 0.4) is 0 Å². The molecule has 0 amide bonds. The van der Waals surface area contributed by atoms with Gasteiger partial charge in [0.15, 0.2) is 17.5 Å². The van der Waals surface area contributed by atoms with E-state index in [1.54, 1.807) is 0 Å². The summed E-state index contributed by atoms with van der Waals surface area (Å²) >= 11 is 1.86. The summed E-state index contributed by atoms with van der Waals surface area (Å²) in [7, 11) is 0. The predicted molar refractivity (Wildman–Crippen MR) is 578 cm³/mol. The molecule has 26 aromatic rings. The van der Waals surface area contributed by atoms with Gasteiger partial charge in [0.1, 0.15) is 11.2 Å². The van der Waals surface area contributed by atoms with E-state index in [-0.39, 0.29) is 0 Å². The number of rotatable bonds is 15. The van der Waals surface area contributed by atoms with Gasteiger partial charge in [-0.15, -0.1) is 11.3 Å². The van der Waals surface area contributed by atoms with Gasteiger partial charge >= 0.3 is 0 Å². The van der Waals surface area contributed by atoms with E-state index in [0.29, 0.717) is 17.5 Å². The third-order valence-corrected chi connectivity index (χ3v) is 27.3. The minimum Gasteiger partial charge on any atom is -0.455 e. The molecule has 7 nitrogen and oxygen atoms in total. The lowest BCUT2D eigenvalue weighted by atomic mass is 9.96. The van der Waals surface area contributed by atoms with E-state index in [1.165, 1.54) is 114 Å². The summed E-state index contributed by atoms with van der Waals surface area (Å²) in [6.07, 6.45) is 0. The van der Waals surface area contributed by atoms with Crippen LogP contribution in [-0.2, 0) is 0 Å². The number of hydrogen-bond acceptors (Lipinski definition) is 8. The van der Waals surface area contributed by atoms with Gasteiger partial charge in [0, 0.05) is 86.6 Å². The number of aromatic nitrogens is 6. The number of furan rings is 1. The average Bonchev–Trinajstić information content (AvgIpc) is 1.50. The first-order chi connectivity index (χ1) is 68.3. The van der Waals surface area contributed by atoms with E-state index in [2.05, 4.69) is 479 Å². The smallest absolute Gasteiger partial charge is 0.160 e. The molecule has 0 aliphatic rings. The first-order valence-electron chi connectivity index (χ1n) is 46.6. The third-order valence-electron chi connectivity index (χ3n) is 26.1. The Bertz CT molecular complexity index is 8700. The SMILES string of the molecule is c1ccc(-c2ccc(-c3cc(-c4cccc(-c5cccc6c5oc5ccccc56)c4)nc(-c4ccc5ccccc5c4)n3)cc2)cc1.c1ccc(-c2ccc(-c3cc(-c4cccc(-c5cccc6c5sc5ccccc56)c4)nc(-c4ccc5ccccc5c4)n3)cc2)cc1.c1ccc(-c2ccc(-c3cc(-c4cccc(-c5cccc6ccccc56)c4)nc(-c4ccc5ccccc5c4)n3)cc2)cc1. The van der Waals surface area contributed by atoms with Crippen molar-refractivity contribution in [2.45, 2.75) is 0 Å². The van der Waals surface area contributed by atoms with Crippen LogP contribution >= 0.6 is 11.3 Å². The van der Waals surface area contributed by atoms with Gasteiger partial charge in [0.25, 0.3) is 0 Å². The fourth-order valence-corrected chi connectivity index (χ4v) is 20.2. The van der Waals surface area contributed by atoms with Crippen molar-refractivity contribution < 1.29 is 4.42 Å². The topological polar surface area (TPSA) is 90.5 Å². The minimum atomic E-state index is 0.695. The zero-order valence-electron chi connectivity index (χ0n) is 75.0. The Balaban J connectivity index is 0.000000113. The minimum absolute atomic E-state index is 0.695. The van der Waals surface area contributed by atoms with E-state index in [0.717, 1.165) is 123 Å². The van der Waals surface area contributed by atoms with Crippen LogP contribution in [0.2, 0.25) is 0 Å². The quantitative estimate of drug-likeness (QED) is 0.101. The first-order valence-corrected chi connectivity index (χ1v) is 47.4. The summed E-state index contributed by atoms with van der Waals surface area (Å²) < 4.78 is 9.01. The first kappa shape index (κ1) is 83.0. The molecule has 5 aromatic heterocycles. The molecule has 8 heteroatoms. The number of nitrogens with zero attached hydrogens (tertiary/aromatic N) is 6. The number of fused-ring (bicyclic) bond motifs is 10. The molecule has 5 heterocycles. The lowest BCUT2D eigenvalue weighted by Crippen LogP contribution is -1.96. The van der Waals surface area contributed by atoms with E-state index in [9.17, 15) is 0 Å². The standard InChI is InChI=1S/C44H28N2O.C44H28N2S.C42H28N2/c2*1-2-10-29(11-3-1)31-20-23-32(24-21-31)40-28-41(46-44(45-40)36-25-22-30-12-4-5-13-33(30)26-36)35-15-8-14-34(27-35)37-17-9-18-39-38-16-6-7-19-42(38)47-43(37)39;1-2-10-29(11-3-1)31-20-23-33(24-21-31)40-28-41(44-42(43-40)37-25-22-30-12-4-5-14-34(30)26-37)36-17-8-16-35(27-36)39-19-9-15-32-13-6-7-18-38(32)39/h2*1-28H;1-28H. The fraction of sp³-hybridized carbons (Fsp3) is 0. The number of thiophene rings is 1. The van der Waals surface area contributed by atoms with Crippen molar-refractivity contribution in [1.82, 2.24) is 29.9 Å². The van der Waals surface area contributed by atoms with E-state index >= 15 is 0 Å². The number of para-hydroxylation sites is 2. The second-order valence-corrected chi connectivity index (χ2v) is 35.8. The Morgan fingerprint density at radius 2 is 0.435 bits per heavy atom. The monoisotopic (exact) mass is 1780 g/mol. The summed E-state index contributed by atoms with van der Waals surface area (Å²) in [4.78, 5) is 30.9. The Morgan fingerprint density at radius 1 is 0.152 bits per heavy atom. The van der Waals surface area contributed by atoms with E-state index in [1.807, 2.05) is 41.7 Å². The van der Waals surface area contributed by atoms with Crippen LogP contribution in [0.4, 0.5) is 0 Å². The maximum Gasteiger partial charge on any atom is 0.160 e. The second-order valence-electron chi connectivity index (χ2n) is 34.7. The highest BCUT2D eigenvalue weighted by Crippen LogP contribution is 2.45. The van der Waals surface area contributed by atoms with Crippen molar-refractivity contribution in [3.63, 3.8) is 0 Å². The molecule has 0 saturated carbocycles. The van der Waals surface area contributed by atoms with Crippen molar-refractivity contribution >= 4 is 96.5 Å². The summed E-state index contributed by atoms with van der Waals surface area (Å²) in [5, 5.41) is 14.4. The van der Waals surface area contributed by atoms with Gasteiger partial charge in [-0.2, -0.15) is 0 Å². The molecule has 21 aromatic carbocycles. The average molecular weight is 1780 g/mol. The molecule has 0 fully saturated rings. The van der Waals surface area contributed by atoms with Crippen LogP contribution in [-0.4, -0.2) is 29.9 Å². The van der Waals surface area contributed by atoms with Gasteiger partial charge in [-0.25, -0.2) is 29.9 Å². The Hall–Kier alpha value is -18.1. The largest absolute Gasteiger partial charge is 0.455 e. The maximum absolute atomic E-state index is 6.39. The van der Waals surface area contributed by atoms with Crippen molar-refractivity contribution in [3.05, 3.63) is 510 Å². The zero-order chi connectivity index (χ0) is 91.6. The molecule has 646 valence electrons. The zero-order valence-corrected chi connectivity index (χ0v) is 75.8. The van der Waals surface area contributed by atoms with Crippen LogP contribution in [0.15, 0.2) is 514 Å². The van der Waals surface area contributed by atoms with Crippen molar-refractivity contribution in [1.29, 1.82) is 0 Å². The Labute approximate surface area is 803 Å². The van der Waals surface area contributed by atoms with Gasteiger partial charge in [-0.1, -0.05) is 443 Å². The molecule has 0 bridgehead atoms. The molecule has 0 N–H and O–H groups in total. The lowest BCUT2D eigenvalue weighted by Gasteiger charge is -2.12. The molecular weight excluding hydrogens is 1690 g/mol. The van der Waals surface area contributed by atoms with Crippen molar-refractivity contribution in [3.8, 4) is 168 Å². The van der Waals surface area contributed by atoms with Gasteiger partial charge in [-0.3, -0.25) is 0 Å². The summed E-state index contributed by atoms with van der Waals surface area (Å²) in [5.74, 6) is 2.12. The molecule has 138 heavy (non-hydrogen) atoms. The highest BCUT2D eigenvalue weighted by molar-refractivity contribution is 7.26. The molecule has 0 atom stereocenters. The maximum atomic E-state index is 6.39. The molecule has 26 rings (SSSR count). The highest BCUT2D eigenvalue weighted by Gasteiger charge is 2.21. The summed E-state index contributed by atoms with van der Waals surface area (Å²) in [6, 6.07) is 179. The van der Waals surface area contributed by atoms with Crippen LogP contribution in [0.5, 0.6) is 0 Å². The van der Waals surface area contributed by atoms with E-state index < -0.39 is 0 Å². The molecule has 0 radical (unpaired) electrons. The summed E-state index contributed by atoms with van der Waals surface area (Å²) in [5.41, 5.74) is 30.4. The molecule has 0 aliphatic carbocycles. The van der Waals surface area contributed by atoms with E-state index in [4.69, 9.17) is 34.3 Å². The Morgan fingerprint density at radius 3 is 0.884 bits per heavy atom. The van der Waals surface area contributed by atoms with Crippen LogP contribution in [0.1, 0.15) is 0 Å². The summed E-state index contributed by atoms with van der Waals surface area (Å²) in [6.45, 7) is 0. The molecule has 0 spiro atoms. The third kappa shape index (κ3) is 16.9. The van der Waals surface area contributed by atoms with Crippen molar-refractivity contribution in [2.75, 3.05) is 0 Å². The molecular formula is C130H84N6OS. The van der Waals surface area contributed by atoms with Crippen LogP contribution < -0.4 is 0 Å². The van der Waals surface area contributed by atoms with Gasteiger partial charge < -0.3 is 4.42 Å². The predicted octanol–water partition coefficient (Wildman–Crippen LogP) is 35.3. The lowest BCUT2D eigenvalue weighted by molar-refractivity contribution is 0.670. The highest BCUT2D eigenvalue weighted by atomic mass is 32.1. The molecule has 0 aliphatic heterocycles. The molecule has 0 saturated heterocycles. The van der Waals surface area contributed by atoms with Crippen LogP contribution in [0, 0.1) is 0 Å². The van der Waals surface area contributed by atoms with Gasteiger partial charge in [0.2, 0.25) is 0 Å². The van der Waals surface area contributed by atoms with Gasteiger partial charge in [-0.05, 0) is 171 Å². The Kier molecular flexibility index (Phi) is 22.2. The van der Waals surface area contributed by atoms with Crippen LogP contribution in [0.25, 0.3) is 254 Å². The second kappa shape index (κ2) is 36.8. The normalized spacial score (nSPS) is 11.3.